The van der Waals surface area contributed by atoms with Gasteiger partial charge < -0.3 is 0 Å². The lowest BCUT2D eigenvalue weighted by atomic mass is 10.0. The van der Waals surface area contributed by atoms with Crippen LogP contribution in [0.4, 0.5) is 32.0 Å². The lowest BCUT2D eigenvalue weighted by Crippen LogP contribution is -2.35. The van der Waals surface area contributed by atoms with Crippen molar-refractivity contribution in [2.24, 2.45) is 5.10 Å². The quantitative estimate of drug-likeness (QED) is 0.319. The first-order valence-corrected chi connectivity index (χ1v) is 7.03. The molecular weight excluding hydrogens is 346 g/mol. The molecule has 1 aliphatic rings. The first kappa shape index (κ1) is 17.2. The van der Waals surface area contributed by atoms with Crippen molar-refractivity contribution >= 4 is 11.4 Å². The van der Waals surface area contributed by atoms with E-state index in [9.17, 15) is 26.3 Å². The van der Waals surface area contributed by atoms with Gasteiger partial charge in [-0.3, -0.25) is 0 Å². The minimum atomic E-state index is -3.03. The highest BCUT2D eigenvalue weighted by Crippen LogP contribution is 2.40. The summed E-state index contributed by atoms with van der Waals surface area (Å²) in [5.74, 6) is -5.59. The van der Waals surface area contributed by atoms with Crippen molar-refractivity contribution in [2.45, 2.75) is 6.43 Å². The molecule has 2 nitrogen and oxygen atoms in total. The number of para-hydroxylation sites is 1. The molecule has 1 radical (unpaired) electrons. The summed E-state index contributed by atoms with van der Waals surface area (Å²) in [7, 11) is 1.19. The molecule has 0 bridgehead atoms. The Morgan fingerprint density at radius 2 is 1.60 bits per heavy atom. The summed E-state index contributed by atoms with van der Waals surface area (Å²) >= 11 is 0. The van der Waals surface area contributed by atoms with Gasteiger partial charge >= 0.3 is 5.95 Å². The second-order valence-corrected chi connectivity index (χ2v) is 5.43. The fourth-order valence-electron chi connectivity index (χ4n) is 2.57. The summed E-state index contributed by atoms with van der Waals surface area (Å²) in [6.07, 6.45) is -1.16. The van der Waals surface area contributed by atoms with Crippen LogP contribution in [-0.2, 0) is 0 Å². The molecule has 25 heavy (non-hydrogen) atoms. The van der Waals surface area contributed by atoms with Gasteiger partial charge in [0.2, 0.25) is 0 Å². The van der Waals surface area contributed by atoms with Crippen LogP contribution >= 0.6 is 0 Å². The molecule has 2 aromatic rings. The van der Waals surface area contributed by atoms with Crippen LogP contribution in [0.3, 0.4) is 0 Å². The molecule has 1 atom stereocenters. The predicted octanol–water partition coefficient (Wildman–Crippen LogP) is 4.96. The van der Waals surface area contributed by atoms with E-state index in [-0.39, 0.29) is 16.8 Å². The standard InChI is InChI=1S/C17H10F6N2/c1-25(15(20)8-13(24-25)17(22)23)14-5-3-2-4-10(14)9-6-11(18)16(21)12(19)7-9/h2-7,17H,1H3/q+1. The Hall–Kier alpha value is -2.61. The molecule has 0 saturated carbocycles. The number of allylic oxidation sites excluding steroid dienone is 1. The molecule has 0 N–H and O–H groups in total. The Bertz CT molecular complexity index is 883. The summed E-state index contributed by atoms with van der Waals surface area (Å²) in [6, 6.07) is 7.23. The van der Waals surface area contributed by atoms with E-state index >= 15 is 0 Å². The molecule has 8 heteroatoms. The number of nitrogens with zero attached hydrogens (tertiary/aromatic N) is 2. The number of benzene rings is 2. The fourth-order valence-corrected chi connectivity index (χ4v) is 2.57. The summed E-state index contributed by atoms with van der Waals surface area (Å²) in [4.78, 5) is 0. The van der Waals surface area contributed by atoms with Gasteiger partial charge in [0, 0.05) is 11.6 Å². The molecule has 0 saturated heterocycles. The van der Waals surface area contributed by atoms with Gasteiger partial charge in [-0.15, -0.1) is 8.98 Å². The summed E-state index contributed by atoms with van der Waals surface area (Å²) in [5, 5.41) is 3.64. The van der Waals surface area contributed by atoms with E-state index in [0.717, 1.165) is 12.1 Å². The van der Waals surface area contributed by atoms with E-state index in [2.05, 4.69) is 5.10 Å². The number of rotatable bonds is 3. The van der Waals surface area contributed by atoms with Crippen molar-refractivity contribution in [1.82, 2.24) is 4.59 Å². The first-order chi connectivity index (χ1) is 11.7. The topological polar surface area (TPSA) is 12.4 Å². The molecule has 1 heterocycles. The van der Waals surface area contributed by atoms with Crippen LogP contribution in [0, 0.1) is 23.5 Å². The summed E-state index contributed by atoms with van der Waals surface area (Å²) in [6.45, 7) is 0. The van der Waals surface area contributed by atoms with E-state index in [4.69, 9.17) is 0 Å². The maximum Gasteiger partial charge on any atom is 0.327 e. The van der Waals surface area contributed by atoms with Gasteiger partial charge in [0.25, 0.3) is 6.43 Å². The number of hydrogen-bond donors (Lipinski definition) is 0. The summed E-state index contributed by atoms with van der Waals surface area (Å²) < 4.78 is 79.2. The molecule has 0 amide bonds. The van der Waals surface area contributed by atoms with Crippen molar-refractivity contribution in [3.05, 3.63) is 65.9 Å². The molecule has 3 rings (SSSR count). The van der Waals surface area contributed by atoms with Gasteiger partial charge in [0.1, 0.15) is 13.1 Å². The van der Waals surface area contributed by atoms with Crippen molar-refractivity contribution in [3.8, 4) is 11.1 Å². The molecule has 0 aromatic heterocycles. The van der Waals surface area contributed by atoms with Gasteiger partial charge in [0.15, 0.2) is 28.9 Å². The maximum absolute atomic E-state index is 14.3. The molecule has 1 unspecified atom stereocenters. The van der Waals surface area contributed by atoms with Gasteiger partial charge in [-0.25, -0.2) is 22.0 Å². The van der Waals surface area contributed by atoms with Crippen molar-refractivity contribution < 1.29 is 26.3 Å². The number of halogens is 6. The van der Waals surface area contributed by atoms with Crippen molar-refractivity contribution in [1.29, 1.82) is 0 Å². The Labute approximate surface area is 138 Å². The zero-order valence-electron chi connectivity index (χ0n) is 12.7. The van der Waals surface area contributed by atoms with Crippen LogP contribution < -0.4 is 4.59 Å². The Kier molecular flexibility index (Phi) is 4.16. The minimum Gasteiger partial charge on any atom is -0.204 e. The largest absolute Gasteiger partial charge is 0.327 e. The van der Waals surface area contributed by atoms with Gasteiger partial charge in [-0.05, 0) is 23.8 Å². The maximum atomic E-state index is 14.3. The molecule has 0 spiro atoms. The number of alkyl halides is 2. The number of quaternary nitrogens is 1. The third-order valence-electron chi connectivity index (χ3n) is 3.80. The Morgan fingerprint density at radius 3 is 2.16 bits per heavy atom. The second-order valence-electron chi connectivity index (χ2n) is 5.43. The smallest absolute Gasteiger partial charge is 0.204 e. The molecule has 129 valence electrons. The monoisotopic (exact) mass is 356 g/mol. The van der Waals surface area contributed by atoms with Crippen LogP contribution in [0.25, 0.3) is 11.1 Å². The first-order valence-electron chi connectivity index (χ1n) is 7.03. The van der Waals surface area contributed by atoms with E-state index in [0.29, 0.717) is 0 Å². The summed E-state index contributed by atoms with van der Waals surface area (Å²) in [5.41, 5.74) is -0.807. The molecule has 0 fully saturated rings. The lowest BCUT2D eigenvalue weighted by molar-refractivity contribution is 0.224. The van der Waals surface area contributed by atoms with Crippen molar-refractivity contribution in [3.63, 3.8) is 0 Å². The average Bonchev–Trinajstić information content (AvgIpc) is 2.89. The fraction of sp³-hybridized carbons (Fsp3) is 0.118. The highest BCUT2D eigenvalue weighted by Gasteiger charge is 2.42. The van der Waals surface area contributed by atoms with Crippen LogP contribution in [0.1, 0.15) is 0 Å². The Morgan fingerprint density at radius 1 is 1.00 bits per heavy atom. The molecule has 1 aliphatic heterocycles. The predicted molar refractivity (Wildman–Crippen MR) is 80.8 cm³/mol. The van der Waals surface area contributed by atoms with E-state index in [1.54, 1.807) is 0 Å². The van der Waals surface area contributed by atoms with Crippen LogP contribution in [0.15, 0.2) is 47.5 Å². The second kappa shape index (κ2) is 6.03. The number of hydrogen-bond acceptors (Lipinski definition) is 1. The highest BCUT2D eigenvalue weighted by atomic mass is 19.3. The average molecular weight is 356 g/mol. The van der Waals surface area contributed by atoms with E-state index < -0.39 is 40.1 Å². The lowest BCUT2D eigenvalue weighted by Gasteiger charge is -2.24. The van der Waals surface area contributed by atoms with Crippen molar-refractivity contribution in [2.75, 3.05) is 7.05 Å². The highest BCUT2D eigenvalue weighted by molar-refractivity contribution is 5.97. The van der Waals surface area contributed by atoms with Crippen LogP contribution in [-0.4, -0.2) is 19.2 Å². The van der Waals surface area contributed by atoms with Gasteiger partial charge in [0.05, 0.1) is 0 Å². The zero-order chi connectivity index (χ0) is 18.4. The van der Waals surface area contributed by atoms with Crippen LogP contribution in [0.2, 0.25) is 0 Å². The van der Waals surface area contributed by atoms with E-state index in [1.165, 1.54) is 31.3 Å². The van der Waals surface area contributed by atoms with Gasteiger partial charge in [-0.1, -0.05) is 17.2 Å². The minimum absolute atomic E-state index is 0.0357. The molecule has 0 aliphatic carbocycles. The van der Waals surface area contributed by atoms with Gasteiger partial charge in [-0.2, -0.15) is 0 Å². The van der Waals surface area contributed by atoms with Crippen LogP contribution in [0.5, 0.6) is 0 Å². The third-order valence-corrected chi connectivity index (χ3v) is 3.80. The molecular formula is C17H10F6N2+. The SMILES string of the molecule is C[N+]1(c2ccccc2-c2cc(F)c(F)c(F)c2)N=C(C(F)F)[C]=C1F. The Balaban J connectivity index is 2.20. The molecule has 2 aromatic carbocycles. The van der Waals surface area contributed by atoms with E-state index in [1.807, 2.05) is 6.08 Å². The normalized spacial score (nSPS) is 20.0. The third kappa shape index (κ3) is 2.82. The zero-order valence-corrected chi connectivity index (χ0v) is 12.7.